The number of rotatable bonds is 5. The molecule has 0 aromatic heterocycles. The molecule has 0 amide bonds. The zero-order valence-electron chi connectivity index (χ0n) is 11.5. The van der Waals surface area contributed by atoms with E-state index in [0.717, 1.165) is 13.1 Å². The minimum absolute atomic E-state index is 0.409. The van der Waals surface area contributed by atoms with Crippen LogP contribution in [0.2, 0.25) is 0 Å². The Kier molecular flexibility index (Phi) is 5.73. The number of likely N-dealkylation sites (N-methyl/N-ethyl adjacent to an activating group) is 1. The fraction of sp³-hybridized carbons (Fsp3) is 1.00. The van der Waals surface area contributed by atoms with Gasteiger partial charge in [0.15, 0.2) is 0 Å². The van der Waals surface area contributed by atoms with Crippen molar-refractivity contribution in [1.82, 2.24) is 10.2 Å². The summed E-state index contributed by atoms with van der Waals surface area (Å²) in [4.78, 5) is 2.59. The largest absolute Gasteiger partial charge is 0.380 e. The van der Waals surface area contributed by atoms with Crippen LogP contribution in [0.1, 0.15) is 27.2 Å². The average molecular weight is 228 g/mol. The van der Waals surface area contributed by atoms with Crippen molar-refractivity contribution in [3.63, 3.8) is 0 Å². The normalized spacial score (nSPS) is 29.6. The summed E-state index contributed by atoms with van der Waals surface area (Å²) in [6, 6.07) is 0.634. The summed E-state index contributed by atoms with van der Waals surface area (Å²) < 4.78 is 5.58. The molecule has 1 aliphatic rings. The van der Waals surface area contributed by atoms with Gasteiger partial charge in [0, 0.05) is 26.2 Å². The number of hydrogen-bond donors (Lipinski definition) is 1. The Bertz CT molecular complexity index is 196. The van der Waals surface area contributed by atoms with Gasteiger partial charge in [0.1, 0.15) is 0 Å². The van der Waals surface area contributed by atoms with Gasteiger partial charge in [-0.3, -0.25) is 4.90 Å². The highest BCUT2D eigenvalue weighted by molar-refractivity contribution is 4.85. The van der Waals surface area contributed by atoms with E-state index in [0.29, 0.717) is 24.0 Å². The molecule has 3 heteroatoms. The second-order valence-electron chi connectivity index (χ2n) is 5.40. The van der Waals surface area contributed by atoms with Gasteiger partial charge in [0.2, 0.25) is 0 Å². The quantitative estimate of drug-likeness (QED) is 0.773. The highest BCUT2D eigenvalue weighted by Crippen LogP contribution is 2.23. The Morgan fingerprint density at radius 3 is 2.62 bits per heavy atom. The minimum Gasteiger partial charge on any atom is -0.380 e. The SMILES string of the molecule is CNCC(C(C)C)N1CCC(C)C(OC)C1. The van der Waals surface area contributed by atoms with Crippen molar-refractivity contribution in [2.24, 2.45) is 11.8 Å². The number of piperidine rings is 1. The van der Waals surface area contributed by atoms with Gasteiger partial charge in [-0.25, -0.2) is 0 Å². The monoisotopic (exact) mass is 228 g/mol. The lowest BCUT2D eigenvalue weighted by atomic mass is 9.92. The molecule has 0 radical (unpaired) electrons. The van der Waals surface area contributed by atoms with Crippen molar-refractivity contribution in [2.75, 3.05) is 33.8 Å². The van der Waals surface area contributed by atoms with E-state index in [-0.39, 0.29) is 0 Å². The predicted molar refractivity (Wildman–Crippen MR) is 68.7 cm³/mol. The zero-order chi connectivity index (χ0) is 12.1. The number of methoxy groups -OCH3 is 1. The first kappa shape index (κ1) is 13.9. The van der Waals surface area contributed by atoms with Gasteiger partial charge in [0.25, 0.3) is 0 Å². The molecule has 0 aliphatic carbocycles. The summed E-state index contributed by atoms with van der Waals surface area (Å²) in [7, 11) is 3.88. The first-order valence-electron chi connectivity index (χ1n) is 6.51. The summed E-state index contributed by atoms with van der Waals surface area (Å²) in [6.45, 7) is 10.3. The fourth-order valence-electron chi connectivity index (χ4n) is 2.66. The molecule has 3 nitrogen and oxygen atoms in total. The summed E-state index contributed by atoms with van der Waals surface area (Å²) >= 11 is 0. The van der Waals surface area contributed by atoms with Crippen molar-refractivity contribution in [2.45, 2.75) is 39.3 Å². The fourth-order valence-corrected chi connectivity index (χ4v) is 2.66. The molecular weight excluding hydrogens is 200 g/mol. The van der Waals surface area contributed by atoms with E-state index in [1.165, 1.54) is 13.0 Å². The van der Waals surface area contributed by atoms with E-state index in [9.17, 15) is 0 Å². The predicted octanol–water partition coefficient (Wildman–Crippen LogP) is 1.59. The third-order valence-electron chi connectivity index (χ3n) is 3.88. The second kappa shape index (κ2) is 6.58. The van der Waals surface area contributed by atoms with E-state index in [1.54, 1.807) is 0 Å². The molecule has 0 bridgehead atoms. The Morgan fingerprint density at radius 1 is 1.44 bits per heavy atom. The molecule has 0 spiro atoms. The van der Waals surface area contributed by atoms with E-state index in [4.69, 9.17) is 4.74 Å². The van der Waals surface area contributed by atoms with Crippen LogP contribution in [0.15, 0.2) is 0 Å². The molecule has 16 heavy (non-hydrogen) atoms. The molecule has 1 fully saturated rings. The third-order valence-corrected chi connectivity index (χ3v) is 3.88. The molecular formula is C13H28N2O. The number of nitrogens with one attached hydrogen (secondary N) is 1. The van der Waals surface area contributed by atoms with Crippen molar-refractivity contribution in [3.05, 3.63) is 0 Å². The van der Waals surface area contributed by atoms with Gasteiger partial charge in [0.05, 0.1) is 6.10 Å². The van der Waals surface area contributed by atoms with Gasteiger partial charge in [-0.05, 0) is 31.8 Å². The number of ether oxygens (including phenoxy) is 1. The van der Waals surface area contributed by atoms with Crippen LogP contribution in [-0.4, -0.2) is 50.8 Å². The van der Waals surface area contributed by atoms with Crippen LogP contribution in [0, 0.1) is 11.8 Å². The first-order valence-corrected chi connectivity index (χ1v) is 6.51. The van der Waals surface area contributed by atoms with E-state index in [1.807, 2.05) is 14.2 Å². The zero-order valence-corrected chi connectivity index (χ0v) is 11.5. The van der Waals surface area contributed by atoms with E-state index in [2.05, 4.69) is 31.0 Å². The van der Waals surface area contributed by atoms with E-state index >= 15 is 0 Å². The molecule has 1 rings (SSSR count). The maximum absolute atomic E-state index is 5.58. The highest BCUT2D eigenvalue weighted by atomic mass is 16.5. The van der Waals surface area contributed by atoms with Crippen LogP contribution in [0.25, 0.3) is 0 Å². The maximum atomic E-state index is 5.58. The molecule has 3 unspecified atom stereocenters. The minimum atomic E-state index is 0.409. The number of nitrogens with zero attached hydrogens (tertiary/aromatic N) is 1. The van der Waals surface area contributed by atoms with Crippen molar-refractivity contribution < 1.29 is 4.74 Å². The Morgan fingerprint density at radius 2 is 2.12 bits per heavy atom. The summed E-state index contributed by atoms with van der Waals surface area (Å²) in [5.41, 5.74) is 0. The second-order valence-corrected chi connectivity index (χ2v) is 5.40. The Hall–Kier alpha value is -0.120. The molecule has 1 saturated heterocycles. The lowest BCUT2D eigenvalue weighted by Gasteiger charge is -2.42. The van der Waals surface area contributed by atoms with Gasteiger partial charge in [-0.2, -0.15) is 0 Å². The van der Waals surface area contributed by atoms with Gasteiger partial charge in [-0.1, -0.05) is 20.8 Å². The van der Waals surface area contributed by atoms with Crippen LogP contribution in [0.5, 0.6) is 0 Å². The van der Waals surface area contributed by atoms with Crippen molar-refractivity contribution >= 4 is 0 Å². The number of likely N-dealkylation sites (tertiary alicyclic amines) is 1. The average Bonchev–Trinajstić information content (AvgIpc) is 2.26. The smallest absolute Gasteiger partial charge is 0.0724 e. The highest BCUT2D eigenvalue weighted by Gasteiger charge is 2.30. The summed E-state index contributed by atoms with van der Waals surface area (Å²) in [6.07, 6.45) is 1.66. The Labute approximate surface area is 101 Å². The van der Waals surface area contributed by atoms with Gasteiger partial charge in [-0.15, -0.1) is 0 Å². The summed E-state index contributed by atoms with van der Waals surface area (Å²) in [5.74, 6) is 1.39. The van der Waals surface area contributed by atoms with Crippen LogP contribution >= 0.6 is 0 Å². The third kappa shape index (κ3) is 3.44. The standard InChI is InChI=1S/C13H28N2O/c1-10(2)12(8-14-4)15-7-6-11(3)13(9-15)16-5/h10-14H,6-9H2,1-5H3. The Balaban J connectivity index is 2.57. The van der Waals surface area contributed by atoms with Gasteiger partial charge >= 0.3 is 0 Å². The molecule has 1 heterocycles. The van der Waals surface area contributed by atoms with Crippen molar-refractivity contribution in [1.29, 1.82) is 0 Å². The van der Waals surface area contributed by atoms with Crippen LogP contribution < -0.4 is 5.32 Å². The van der Waals surface area contributed by atoms with Crippen molar-refractivity contribution in [3.8, 4) is 0 Å². The first-order chi connectivity index (χ1) is 7.60. The molecule has 0 aromatic rings. The topological polar surface area (TPSA) is 24.5 Å². The van der Waals surface area contributed by atoms with E-state index < -0.39 is 0 Å². The molecule has 96 valence electrons. The molecule has 3 atom stereocenters. The molecule has 1 aliphatic heterocycles. The van der Waals surface area contributed by atoms with Gasteiger partial charge < -0.3 is 10.1 Å². The maximum Gasteiger partial charge on any atom is 0.0724 e. The lowest BCUT2D eigenvalue weighted by Crippen LogP contribution is -2.53. The van der Waals surface area contributed by atoms with Crippen LogP contribution in [-0.2, 0) is 4.74 Å². The molecule has 0 saturated carbocycles. The van der Waals surface area contributed by atoms with Crippen LogP contribution in [0.4, 0.5) is 0 Å². The van der Waals surface area contributed by atoms with Crippen LogP contribution in [0.3, 0.4) is 0 Å². The lowest BCUT2D eigenvalue weighted by molar-refractivity contribution is -0.0252. The summed E-state index contributed by atoms with van der Waals surface area (Å²) in [5, 5.41) is 3.31. The number of hydrogen-bond acceptors (Lipinski definition) is 3. The molecule has 0 aromatic carbocycles. The molecule has 1 N–H and O–H groups in total.